The Balaban J connectivity index is 1.53. The first-order valence-electron chi connectivity index (χ1n) is 6.24. The van der Waals surface area contributed by atoms with Crippen LogP contribution in [0.1, 0.15) is 16.8 Å². The van der Waals surface area contributed by atoms with Crippen LogP contribution in [0.4, 0.5) is 0 Å². The first-order valence-corrected chi connectivity index (χ1v) is 6.24. The number of carbonyl (C=O) groups is 1. The second kappa shape index (κ2) is 5.47. The van der Waals surface area contributed by atoms with Gasteiger partial charge in [0.15, 0.2) is 5.65 Å². The Bertz CT molecular complexity index is 704. The monoisotopic (exact) mass is 271 g/mol. The molecule has 0 saturated carbocycles. The Hall–Kier alpha value is -2.77. The molecule has 3 aromatic rings. The normalized spacial score (nSPS) is 10.8. The van der Waals surface area contributed by atoms with Gasteiger partial charge in [0, 0.05) is 37.2 Å². The SMILES string of the molecule is O=C(NCCCn1ccnc1)c1ccn2nnnc2c1. The standard InChI is InChI=1S/C12H13N7O/c20-12(14-3-1-5-18-7-4-13-9-18)10-2-6-19-11(8-10)15-16-17-19/h2,4,6-9H,1,3,5H2,(H,14,20). The van der Waals surface area contributed by atoms with Crippen molar-refractivity contribution in [1.29, 1.82) is 0 Å². The molecular formula is C12H13N7O. The molecule has 0 aliphatic heterocycles. The minimum absolute atomic E-state index is 0.124. The number of hydrogen-bond acceptors (Lipinski definition) is 5. The molecule has 0 saturated heterocycles. The molecule has 102 valence electrons. The first-order chi connectivity index (χ1) is 9.83. The van der Waals surface area contributed by atoms with E-state index in [2.05, 4.69) is 25.8 Å². The highest BCUT2D eigenvalue weighted by Crippen LogP contribution is 2.03. The third-order valence-corrected chi connectivity index (χ3v) is 2.90. The first kappa shape index (κ1) is 12.3. The van der Waals surface area contributed by atoms with Crippen molar-refractivity contribution in [2.24, 2.45) is 0 Å². The number of carbonyl (C=O) groups excluding carboxylic acids is 1. The third kappa shape index (κ3) is 2.63. The smallest absolute Gasteiger partial charge is 0.251 e. The fourth-order valence-corrected chi connectivity index (χ4v) is 1.87. The maximum Gasteiger partial charge on any atom is 0.251 e. The molecule has 8 heteroatoms. The van der Waals surface area contributed by atoms with Crippen LogP contribution in [-0.2, 0) is 6.54 Å². The summed E-state index contributed by atoms with van der Waals surface area (Å²) in [5.74, 6) is -0.124. The molecule has 0 radical (unpaired) electrons. The highest BCUT2D eigenvalue weighted by atomic mass is 16.1. The quantitative estimate of drug-likeness (QED) is 0.667. The Kier molecular flexibility index (Phi) is 3.36. The maximum atomic E-state index is 12.0. The summed E-state index contributed by atoms with van der Waals surface area (Å²) in [6, 6.07) is 3.35. The van der Waals surface area contributed by atoms with E-state index in [1.54, 1.807) is 30.9 Å². The van der Waals surface area contributed by atoms with Gasteiger partial charge in [0.05, 0.1) is 6.33 Å². The summed E-state index contributed by atoms with van der Waals surface area (Å²) < 4.78 is 3.48. The van der Waals surface area contributed by atoms with E-state index in [-0.39, 0.29) is 5.91 Å². The molecule has 0 aliphatic carbocycles. The number of nitrogens with one attached hydrogen (secondary N) is 1. The molecule has 3 rings (SSSR count). The van der Waals surface area contributed by atoms with E-state index in [1.165, 1.54) is 4.52 Å². The van der Waals surface area contributed by atoms with Crippen LogP contribution < -0.4 is 5.32 Å². The van der Waals surface area contributed by atoms with E-state index in [0.29, 0.717) is 17.8 Å². The Morgan fingerprint density at radius 1 is 1.35 bits per heavy atom. The molecule has 0 fully saturated rings. The summed E-state index contributed by atoms with van der Waals surface area (Å²) in [6.07, 6.45) is 7.90. The summed E-state index contributed by atoms with van der Waals surface area (Å²) in [6.45, 7) is 1.43. The van der Waals surface area contributed by atoms with Gasteiger partial charge in [-0.25, -0.2) is 9.50 Å². The minimum Gasteiger partial charge on any atom is -0.352 e. The molecule has 0 atom stereocenters. The van der Waals surface area contributed by atoms with Gasteiger partial charge in [0.1, 0.15) is 0 Å². The topological polar surface area (TPSA) is 90.0 Å². The molecule has 0 aliphatic rings. The number of tetrazole rings is 1. The summed E-state index contributed by atoms with van der Waals surface area (Å²) >= 11 is 0. The van der Waals surface area contributed by atoms with Crippen LogP contribution in [0.2, 0.25) is 0 Å². The van der Waals surface area contributed by atoms with Crippen molar-refractivity contribution in [1.82, 2.24) is 34.9 Å². The van der Waals surface area contributed by atoms with Crippen LogP contribution in [0.5, 0.6) is 0 Å². The summed E-state index contributed by atoms with van der Waals surface area (Å²) in [7, 11) is 0. The van der Waals surface area contributed by atoms with E-state index in [4.69, 9.17) is 0 Å². The van der Waals surface area contributed by atoms with E-state index in [0.717, 1.165) is 13.0 Å². The zero-order chi connectivity index (χ0) is 13.8. The lowest BCUT2D eigenvalue weighted by molar-refractivity contribution is 0.0952. The lowest BCUT2D eigenvalue weighted by atomic mass is 10.2. The van der Waals surface area contributed by atoms with Gasteiger partial charge < -0.3 is 9.88 Å². The number of aromatic nitrogens is 6. The number of rotatable bonds is 5. The van der Waals surface area contributed by atoms with Gasteiger partial charge >= 0.3 is 0 Å². The Labute approximate surface area is 114 Å². The number of aryl methyl sites for hydroxylation is 1. The molecule has 1 amide bonds. The number of hydrogen-bond donors (Lipinski definition) is 1. The molecule has 8 nitrogen and oxygen atoms in total. The summed E-state index contributed by atoms with van der Waals surface area (Å²) in [5, 5.41) is 13.9. The zero-order valence-corrected chi connectivity index (χ0v) is 10.7. The van der Waals surface area contributed by atoms with Crippen molar-refractivity contribution in [3.05, 3.63) is 42.6 Å². The Morgan fingerprint density at radius 2 is 2.30 bits per heavy atom. The number of imidazole rings is 1. The fourth-order valence-electron chi connectivity index (χ4n) is 1.87. The van der Waals surface area contributed by atoms with Gasteiger partial charge in [-0.05, 0) is 29.0 Å². The van der Waals surface area contributed by atoms with Crippen LogP contribution in [0.3, 0.4) is 0 Å². The van der Waals surface area contributed by atoms with Crippen molar-refractivity contribution in [2.45, 2.75) is 13.0 Å². The van der Waals surface area contributed by atoms with Crippen molar-refractivity contribution in [3.8, 4) is 0 Å². The second-order valence-electron chi connectivity index (χ2n) is 4.31. The largest absolute Gasteiger partial charge is 0.352 e. The van der Waals surface area contributed by atoms with Gasteiger partial charge in [-0.15, -0.1) is 5.10 Å². The van der Waals surface area contributed by atoms with Crippen molar-refractivity contribution >= 4 is 11.6 Å². The van der Waals surface area contributed by atoms with Crippen LogP contribution in [-0.4, -0.2) is 42.0 Å². The van der Waals surface area contributed by atoms with E-state index in [9.17, 15) is 4.79 Å². The van der Waals surface area contributed by atoms with E-state index < -0.39 is 0 Å². The predicted molar refractivity (Wildman–Crippen MR) is 70.0 cm³/mol. The average molecular weight is 271 g/mol. The minimum atomic E-state index is -0.124. The molecule has 1 N–H and O–H groups in total. The Morgan fingerprint density at radius 3 is 3.15 bits per heavy atom. The molecule has 3 heterocycles. The van der Waals surface area contributed by atoms with Crippen molar-refractivity contribution in [2.75, 3.05) is 6.54 Å². The van der Waals surface area contributed by atoms with Crippen molar-refractivity contribution in [3.63, 3.8) is 0 Å². The van der Waals surface area contributed by atoms with Gasteiger partial charge in [-0.3, -0.25) is 4.79 Å². The van der Waals surface area contributed by atoms with Gasteiger partial charge in [0.25, 0.3) is 5.91 Å². The lowest BCUT2D eigenvalue weighted by Gasteiger charge is -2.05. The predicted octanol–water partition coefficient (Wildman–Crippen LogP) is 0.141. The van der Waals surface area contributed by atoms with Gasteiger partial charge in [-0.2, -0.15) is 0 Å². The molecule has 0 unspecified atom stereocenters. The molecule has 0 bridgehead atoms. The van der Waals surface area contributed by atoms with Crippen molar-refractivity contribution < 1.29 is 4.79 Å². The average Bonchev–Trinajstić information content (AvgIpc) is 3.13. The van der Waals surface area contributed by atoms with Gasteiger partial charge in [-0.1, -0.05) is 0 Å². The lowest BCUT2D eigenvalue weighted by Crippen LogP contribution is -2.25. The summed E-state index contributed by atoms with van der Waals surface area (Å²) in [5.41, 5.74) is 1.10. The van der Waals surface area contributed by atoms with E-state index >= 15 is 0 Å². The molecular weight excluding hydrogens is 258 g/mol. The van der Waals surface area contributed by atoms with Crippen LogP contribution in [0, 0.1) is 0 Å². The van der Waals surface area contributed by atoms with Gasteiger partial charge in [0.2, 0.25) is 0 Å². The highest BCUT2D eigenvalue weighted by Gasteiger charge is 2.07. The molecule has 3 aromatic heterocycles. The molecule has 20 heavy (non-hydrogen) atoms. The number of amides is 1. The number of pyridine rings is 1. The highest BCUT2D eigenvalue weighted by molar-refractivity contribution is 5.94. The zero-order valence-electron chi connectivity index (χ0n) is 10.7. The summed E-state index contributed by atoms with van der Waals surface area (Å²) in [4.78, 5) is 15.9. The second-order valence-corrected chi connectivity index (χ2v) is 4.31. The van der Waals surface area contributed by atoms with Crippen LogP contribution >= 0.6 is 0 Å². The van der Waals surface area contributed by atoms with Crippen LogP contribution in [0.15, 0.2) is 37.1 Å². The van der Waals surface area contributed by atoms with E-state index in [1.807, 2.05) is 10.8 Å². The molecule has 0 aromatic carbocycles. The maximum absolute atomic E-state index is 12.0. The number of nitrogens with zero attached hydrogens (tertiary/aromatic N) is 6. The fraction of sp³-hybridized carbons (Fsp3) is 0.250. The third-order valence-electron chi connectivity index (χ3n) is 2.90. The number of fused-ring (bicyclic) bond motifs is 1. The molecule has 0 spiro atoms. The van der Waals surface area contributed by atoms with Crippen LogP contribution in [0.25, 0.3) is 5.65 Å².